The molecule has 3 rings (SSSR count). The van der Waals surface area contributed by atoms with Crippen molar-refractivity contribution >= 4 is 5.78 Å². The maximum Gasteiger partial charge on any atom is 0.167 e. The molecule has 1 saturated heterocycles. The molecule has 102 valence electrons. The van der Waals surface area contributed by atoms with Crippen LogP contribution in [-0.2, 0) is 9.53 Å². The van der Waals surface area contributed by atoms with E-state index in [1.54, 1.807) is 0 Å². The van der Waals surface area contributed by atoms with E-state index < -0.39 is 0 Å². The molecular weight excluding hydrogens is 224 g/mol. The van der Waals surface area contributed by atoms with Gasteiger partial charge in [0.15, 0.2) is 5.78 Å². The van der Waals surface area contributed by atoms with Crippen molar-refractivity contribution in [2.75, 3.05) is 0 Å². The van der Waals surface area contributed by atoms with Crippen molar-refractivity contribution in [1.82, 2.24) is 0 Å². The first kappa shape index (κ1) is 12.7. The van der Waals surface area contributed by atoms with Crippen LogP contribution in [0.25, 0.3) is 0 Å². The topological polar surface area (TPSA) is 26.3 Å². The molecule has 0 aromatic heterocycles. The second kappa shape index (κ2) is 3.82. The Morgan fingerprint density at radius 2 is 1.83 bits per heavy atom. The first-order chi connectivity index (χ1) is 8.37. The Bertz CT molecular complexity index is 373. The summed E-state index contributed by atoms with van der Waals surface area (Å²) in [6.07, 6.45) is 6.25. The van der Waals surface area contributed by atoms with E-state index in [9.17, 15) is 4.79 Å². The zero-order valence-electron chi connectivity index (χ0n) is 12.2. The van der Waals surface area contributed by atoms with Crippen LogP contribution in [-0.4, -0.2) is 17.5 Å². The van der Waals surface area contributed by atoms with Gasteiger partial charge in [-0.2, -0.15) is 0 Å². The summed E-state index contributed by atoms with van der Waals surface area (Å²) in [6, 6.07) is 0. The predicted molar refractivity (Wildman–Crippen MR) is 71.3 cm³/mol. The van der Waals surface area contributed by atoms with E-state index in [0.29, 0.717) is 11.7 Å². The number of rotatable bonds is 0. The van der Waals surface area contributed by atoms with Gasteiger partial charge in [0.05, 0.1) is 11.5 Å². The largest absolute Gasteiger partial charge is 0.363 e. The van der Waals surface area contributed by atoms with Crippen molar-refractivity contribution in [1.29, 1.82) is 0 Å². The van der Waals surface area contributed by atoms with Gasteiger partial charge in [-0.3, -0.25) is 4.79 Å². The molecule has 2 aliphatic carbocycles. The van der Waals surface area contributed by atoms with Crippen LogP contribution in [0.4, 0.5) is 0 Å². The third-order valence-electron chi connectivity index (χ3n) is 6.23. The maximum atomic E-state index is 12.6. The summed E-state index contributed by atoms with van der Waals surface area (Å²) in [5.74, 6) is 1.88. The van der Waals surface area contributed by atoms with Gasteiger partial charge in [0.25, 0.3) is 0 Å². The Kier molecular flexibility index (Phi) is 2.68. The van der Waals surface area contributed by atoms with E-state index >= 15 is 0 Å². The molecule has 3 aliphatic rings. The summed E-state index contributed by atoms with van der Waals surface area (Å²) >= 11 is 0. The molecule has 1 aliphatic heterocycles. The number of carbonyl (C=O) groups is 1. The average Bonchev–Trinajstić information content (AvgIpc) is 2.52. The van der Waals surface area contributed by atoms with E-state index in [-0.39, 0.29) is 23.0 Å². The monoisotopic (exact) mass is 250 g/mol. The zero-order valence-corrected chi connectivity index (χ0v) is 12.2. The van der Waals surface area contributed by atoms with Crippen molar-refractivity contribution in [3.05, 3.63) is 0 Å². The van der Waals surface area contributed by atoms with Crippen molar-refractivity contribution in [3.8, 4) is 0 Å². The number of carbonyl (C=O) groups excluding carboxylic acids is 1. The fourth-order valence-electron chi connectivity index (χ4n) is 5.01. The Morgan fingerprint density at radius 1 is 1.17 bits per heavy atom. The van der Waals surface area contributed by atoms with Gasteiger partial charge in [-0.25, -0.2) is 0 Å². The van der Waals surface area contributed by atoms with Crippen LogP contribution in [0.1, 0.15) is 59.8 Å². The Balaban J connectivity index is 2.03. The number of hydrogen-bond acceptors (Lipinski definition) is 2. The van der Waals surface area contributed by atoms with Crippen LogP contribution in [0, 0.1) is 23.2 Å². The number of Topliss-reactive ketones (excluding diaryl/α,β-unsaturated/α-hetero) is 1. The van der Waals surface area contributed by atoms with E-state index in [4.69, 9.17) is 4.74 Å². The van der Waals surface area contributed by atoms with Gasteiger partial charge in [-0.05, 0) is 43.9 Å². The van der Waals surface area contributed by atoms with Crippen LogP contribution in [0.15, 0.2) is 0 Å². The molecule has 1 heterocycles. The van der Waals surface area contributed by atoms with Gasteiger partial charge >= 0.3 is 0 Å². The number of hydrogen-bond donors (Lipinski definition) is 0. The highest BCUT2D eigenvalue weighted by atomic mass is 16.5. The lowest BCUT2D eigenvalue weighted by Crippen LogP contribution is -2.57. The van der Waals surface area contributed by atoms with E-state index in [1.807, 2.05) is 6.92 Å². The smallest absolute Gasteiger partial charge is 0.167 e. The molecule has 0 bridgehead atoms. The second-order valence-electron chi connectivity index (χ2n) is 7.54. The lowest BCUT2D eigenvalue weighted by Gasteiger charge is -2.55. The van der Waals surface area contributed by atoms with Gasteiger partial charge in [0.2, 0.25) is 0 Å². The molecule has 5 atom stereocenters. The minimum absolute atomic E-state index is 0.122. The molecule has 0 aromatic rings. The molecule has 5 unspecified atom stereocenters. The second-order valence-corrected chi connectivity index (χ2v) is 7.54. The highest BCUT2D eigenvalue weighted by molar-refractivity contribution is 5.88. The summed E-state index contributed by atoms with van der Waals surface area (Å²) in [4.78, 5) is 12.6. The predicted octanol–water partition coefficient (Wildman–Crippen LogP) is 3.59. The Hall–Kier alpha value is -0.370. The van der Waals surface area contributed by atoms with E-state index in [2.05, 4.69) is 20.8 Å². The fraction of sp³-hybridized carbons (Fsp3) is 0.938. The first-order valence-electron chi connectivity index (χ1n) is 7.58. The maximum absolute atomic E-state index is 12.6. The molecule has 2 saturated carbocycles. The molecule has 0 spiro atoms. The summed E-state index contributed by atoms with van der Waals surface area (Å²) in [5, 5.41) is 0. The number of ether oxygens (including phenoxy) is 1. The van der Waals surface area contributed by atoms with Crippen LogP contribution < -0.4 is 0 Å². The molecule has 18 heavy (non-hydrogen) atoms. The highest BCUT2D eigenvalue weighted by Crippen LogP contribution is 2.60. The minimum Gasteiger partial charge on any atom is -0.363 e. The average molecular weight is 250 g/mol. The van der Waals surface area contributed by atoms with Gasteiger partial charge in [-0.1, -0.05) is 33.1 Å². The fourth-order valence-corrected chi connectivity index (χ4v) is 5.01. The molecule has 0 N–H and O–H groups in total. The summed E-state index contributed by atoms with van der Waals surface area (Å²) in [5.41, 5.74) is -0.112. The normalized spacial score (nSPS) is 50.8. The van der Waals surface area contributed by atoms with Crippen LogP contribution in [0.2, 0.25) is 0 Å². The molecule has 2 nitrogen and oxygen atoms in total. The lowest BCUT2D eigenvalue weighted by molar-refractivity contribution is -0.169. The standard InChI is InChI=1S/C16H26O2/c1-10-14(17)13-12-8-6-5-7-11(12)9-15(2,3)16(13,4)18-10/h10-13H,5-9H2,1-4H3. The number of fused-ring (bicyclic) bond motifs is 3. The Morgan fingerprint density at radius 3 is 2.56 bits per heavy atom. The molecular formula is C16H26O2. The van der Waals surface area contributed by atoms with Gasteiger partial charge in [0.1, 0.15) is 6.10 Å². The first-order valence-corrected chi connectivity index (χ1v) is 7.58. The summed E-state index contributed by atoms with van der Waals surface area (Å²) < 4.78 is 6.18. The summed E-state index contributed by atoms with van der Waals surface area (Å²) in [6.45, 7) is 8.75. The van der Waals surface area contributed by atoms with Crippen LogP contribution in [0.5, 0.6) is 0 Å². The third kappa shape index (κ3) is 1.47. The van der Waals surface area contributed by atoms with Gasteiger partial charge in [-0.15, -0.1) is 0 Å². The quantitative estimate of drug-likeness (QED) is 0.657. The van der Waals surface area contributed by atoms with E-state index in [1.165, 1.54) is 32.1 Å². The van der Waals surface area contributed by atoms with Gasteiger partial charge in [0, 0.05) is 0 Å². The van der Waals surface area contributed by atoms with Crippen molar-refractivity contribution in [2.24, 2.45) is 23.2 Å². The number of ketones is 1. The van der Waals surface area contributed by atoms with Crippen molar-refractivity contribution in [3.63, 3.8) is 0 Å². The SMILES string of the molecule is CC1OC2(C)C(C1=O)C1CCCCC1CC2(C)C. The lowest BCUT2D eigenvalue weighted by atomic mass is 9.51. The van der Waals surface area contributed by atoms with Crippen molar-refractivity contribution < 1.29 is 9.53 Å². The third-order valence-corrected chi connectivity index (χ3v) is 6.23. The summed E-state index contributed by atoms with van der Waals surface area (Å²) in [7, 11) is 0. The molecule has 0 aromatic carbocycles. The molecule has 3 fully saturated rings. The van der Waals surface area contributed by atoms with E-state index in [0.717, 1.165) is 5.92 Å². The highest BCUT2D eigenvalue weighted by Gasteiger charge is 2.64. The molecule has 0 radical (unpaired) electrons. The molecule has 2 heteroatoms. The van der Waals surface area contributed by atoms with Crippen LogP contribution >= 0.6 is 0 Å². The van der Waals surface area contributed by atoms with Gasteiger partial charge < -0.3 is 4.74 Å². The molecule has 0 amide bonds. The zero-order chi connectivity index (χ0) is 13.1. The Labute approximate surface area is 110 Å². The van der Waals surface area contributed by atoms with Crippen molar-refractivity contribution in [2.45, 2.75) is 71.5 Å². The minimum atomic E-state index is -0.234. The van der Waals surface area contributed by atoms with Crippen LogP contribution in [0.3, 0.4) is 0 Å².